The molecular formula is C18H31N3O. The van der Waals surface area contributed by atoms with E-state index in [0.717, 1.165) is 32.1 Å². The molecule has 0 rings (SSSR count). The van der Waals surface area contributed by atoms with Crippen LogP contribution in [-0.4, -0.2) is 11.4 Å². The molecule has 0 aromatic rings. The lowest BCUT2D eigenvalue weighted by Crippen LogP contribution is -2.27. The number of nitriles is 2. The molecule has 4 heteroatoms. The van der Waals surface area contributed by atoms with Gasteiger partial charge in [-0.2, -0.15) is 10.5 Å². The molecule has 0 spiro atoms. The van der Waals surface area contributed by atoms with Crippen LogP contribution < -0.4 is 0 Å². The van der Waals surface area contributed by atoms with E-state index in [9.17, 15) is 0 Å². The molecule has 0 saturated carbocycles. The van der Waals surface area contributed by atoms with Crippen molar-refractivity contribution in [1.82, 2.24) is 0 Å². The number of nitrogens with zero attached hydrogens (tertiary/aromatic N) is 3. The Balaban J connectivity index is 5.22. The molecule has 0 aliphatic heterocycles. The molecule has 0 heterocycles. The van der Waals surface area contributed by atoms with Gasteiger partial charge < -0.3 is 5.21 Å². The summed E-state index contributed by atoms with van der Waals surface area (Å²) in [5.41, 5.74) is 0. The van der Waals surface area contributed by atoms with Gasteiger partial charge in [0, 0.05) is 18.6 Å². The first-order chi connectivity index (χ1) is 10.6. The summed E-state index contributed by atoms with van der Waals surface area (Å²) in [5, 5.41) is 30.3. The third-order valence-electron chi connectivity index (χ3n) is 4.87. The van der Waals surface area contributed by atoms with Gasteiger partial charge >= 0.3 is 0 Å². The van der Waals surface area contributed by atoms with E-state index >= 15 is 0 Å². The second-order valence-electron chi connectivity index (χ2n) is 6.30. The SMILES string of the molecule is CCC(/C=N/O)CC(CC)C(CC(C)C#N)C(CC)CC#N. The normalized spacial score (nSPS) is 18.1. The van der Waals surface area contributed by atoms with Crippen LogP contribution in [0.1, 0.15) is 66.2 Å². The predicted octanol–water partition coefficient (Wildman–Crippen LogP) is 4.99. The smallest absolute Gasteiger partial charge is 0.0652 e. The molecule has 22 heavy (non-hydrogen) atoms. The van der Waals surface area contributed by atoms with Gasteiger partial charge in [-0.05, 0) is 49.9 Å². The van der Waals surface area contributed by atoms with Crippen molar-refractivity contribution in [3.63, 3.8) is 0 Å². The van der Waals surface area contributed by atoms with E-state index in [-0.39, 0.29) is 11.8 Å². The Morgan fingerprint density at radius 3 is 2.09 bits per heavy atom. The Bertz CT molecular complexity index is 394. The summed E-state index contributed by atoms with van der Waals surface area (Å²) >= 11 is 0. The van der Waals surface area contributed by atoms with Crippen molar-refractivity contribution in [2.24, 2.45) is 34.7 Å². The van der Waals surface area contributed by atoms with Crippen LogP contribution in [0.25, 0.3) is 0 Å². The van der Waals surface area contributed by atoms with E-state index in [0.29, 0.717) is 24.2 Å². The summed E-state index contributed by atoms with van der Waals surface area (Å²) in [4.78, 5) is 0. The van der Waals surface area contributed by atoms with E-state index in [4.69, 9.17) is 15.7 Å². The molecule has 0 fully saturated rings. The Hall–Kier alpha value is -1.55. The summed E-state index contributed by atoms with van der Waals surface area (Å²) in [7, 11) is 0. The topological polar surface area (TPSA) is 80.2 Å². The Morgan fingerprint density at radius 1 is 1.05 bits per heavy atom. The average molecular weight is 305 g/mol. The van der Waals surface area contributed by atoms with Gasteiger partial charge in [0.1, 0.15) is 0 Å². The first-order valence-corrected chi connectivity index (χ1v) is 8.51. The summed E-state index contributed by atoms with van der Waals surface area (Å²) < 4.78 is 0. The third-order valence-corrected chi connectivity index (χ3v) is 4.87. The number of hydrogen-bond donors (Lipinski definition) is 1. The van der Waals surface area contributed by atoms with Crippen molar-refractivity contribution in [3.05, 3.63) is 0 Å². The number of rotatable bonds is 11. The van der Waals surface area contributed by atoms with E-state index in [1.165, 1.54) is 0 Å². The lowest BCUT2D eigenvalue weighted by molar-refractivity contribution is 0.169. The van der Waals surface area contributed by atoms with Crippen LogP contribution in [0.4, 0.5) is 0 Å². The molecule has 5 unspecified atom stereocenters. The Labute approximate surface area is 135 Å². The van der Waals surface area contributed by atoms with Gasteiger partial charge in [0.2, 0.25) is 0 Å². The van der Waals surface area contributed by atoms with Gasteiger partial charge in [0.05, 0.1) is 12.1 Å². The first kappa shape index (κ1) is 20.5. The minimum Gasteiger partial charge on any atom is -0.411 e. The van der Waals surface area contributed by atoms with Gasteiger partial charge in [-0.1, -0.05) is 33.6 Å². The summed E-state index contributed by atoms with van der Waals surface area (Å²) in [5.74, 6) is 1.45. The van der Waals surface area contributed by atoms with Crippen LogP contribution in [0.3, 0.4) is 0 Å². The van der Waals surface area contributed by atoms with Crippen LogP contribution >= 0.6 is 0 Å². The van der Waals surface area contributed by atoms with Crippen molar-refractivity contribution < 1.29 is 5.21 Å². The van der Waals surface area contributed by atoms with Gasteiger partial charge in [0.15, 0.2) is 0 Å². The molecular weight excluding hydrogens is 274 g/mol. The van der Waals surface area contributed by atoms with Gasteiger partial charge in [-0.25, -0.2) is 0 Å². The molecule has 5 atom stereocenters. The van der Waals surface area contributed by atoms with Crippen molar-refractivity contribution in [1.29, 1.82) is 10.5 Å². The minimum atomic E-state index is 0.0124. The quantitative estimate of drug-likeness (QED) is 0.331. The molecule has 0 aromatic heterocycles. The maximum atomic E-state index is 9.17. The molecule has 0 radical (unpaired) electrons. The summed E-state index contributed by atoms with van der Waals surface area (Å²) in [6.45, 7) is 8.37. The Kier molecular flexibility index (Phi) is 11.2. The maximum Gasteiger partial charge on any atom is 0.0652 e. The molecule has 0 aliphatic rings. The highest BCUT2D eigenvalue weighted by Crippen LogP contribution is 2.37. The average Bonchev–Trinajstić information content (AvgIpc) is 2.54. The molecule has 0 aromatic carbocycles. The lowest BCUT2D eigenvalue weighted by atomic mass is 9.70. The van der Waals surface area contributed by atoms with E-state index in [1.807, 2.05) is 6.92 Å². The fraction of sp³-hybridized carbons (Fsp3) is 0.833. The molecule has 0 saturated heterocycles. The van der Waals surface area contributed by atoms with Crippen LogP contribution in [0.2, 0.25) is 0 Å². The highest BCUT2D eigenvalue weighted by Gasteiger charge is 2.30. The third kappa shape index (κ3) is 6.94. The van der Waals surface area contributed by atoms with Crippen LogP contribution in [0.5, 0.6) is 0 Å². The number of hydrogen-bond acceptors (Lipinski definition) is 4. The standard InChI is InChI=1S/C18H31N3O/c1-5-15(13-21-22)11-17(7-3)18(10-14(4)12-20)16(6-2)8-9-19/h13-18,22H,5-8,10-11H2,1-4H3/b21-13+. The zero-order chi connectivity index (χ0) is 17.0. The molecule has 0 aliphatic carbocycles. The van der Waals surface area contributed by atoms with Crippen LogP contribution in [0, 0.1) is 52.3 Å². The summed E-state index contributed by atoms with van der Waals surface area (Å²) in [6, 6.07) is 4.65. The Morgan fingerprint density at radius 2 is 1.68 bits per heavy atom. The number of oxime groups is 1. The highest BCUT2D eigenvalue weighted by molar-refractivity contribution is 5.59. The predicted molar refractivity (Wildman–Crippen MR) is 89.4 cm³/mol. The monoisotopic (exact) mass is 305 g/mol. The second kappa shape index (κ2) is 12.0. The zero-order valence-electron chi connectivity index (χ0n) is 14.5. The van der Waals surface area contributed by atoms with Crippen LogP contribution in [-0.2, 0) is 0 Å². The van der Waals surface area contributed by atoms with E-state index < -0.39 is 0 Å². The van der Waals surface area contributed by atoms with Gasteiger partial charge in [0.25, 0.3) is 0 Å². The van der Waals surface area contributed by atoms with Gasteiger partial charge in [-0.3, -0.25) is 0 Å². The largest absolute Gasteiger partial charge is 0.411 e. The molecule has 1 N–H and O–H groups in total. The highest BCUT2D eigenvalue weighted by atomic mass is 16.4. The molecule has 0 bridgehead atoms. The van der Waals surface area contributed by atoms with Gasteiger partial charge in [-0.15, -0.1) is 5.16 Å². The van der Waals surface area contributed by atoms with Crippen molar-refractivity contribution in [2.75, 3.05) is 0 Å². The van der Waals surface area contributed by atoms with E-state index in [2.05, 4.69) is 38.1 Å². The maximum absolute atomic E-state index is 9.17. The van der Waals surface area contributed by atoms with Crippen molar-refractivity contribution in [2.45, 2.75) is 66.2 Å². The summed E-state index contributed by atoms with van der Waals surface area (Å²) in [6.07, 6.45) is 6.93. The molecule has 4 nitrogen and oxygen atoms in total. The van der Waals surface area contributed by atoms with E-state index in [1.54, 1.807) is 6.21 Å². The van der Waals surface area contributed by atoms with Crippen molar-refractivity contribution >= 4 is 6.21 Å². The fourth-order valence-electron chi connectivity index (χ4n) is 3.41. The fourth-order valence-corrected chi connectivity index (χ4v) is 3.41. The minimum absolute atomic E-state index is 0.0124. The first-order valence-electron chi connectivity index (χ1n) is 8.51. The lowest BCUT2D eigenvalue weighted by Gasteiger charge is -2.34. The van der Waals surface area contributed by atoms with Crippen LogP contribution in [0.15, 0.2) is 5.16 Å². The molecule has 0 amide bonds. The molecule has 124 valence electrons. The second-order valence-corrected chi connectivity index (χ2v) is 6.30. The van der Waals surface area contributed by atoms with Crippen molar-refractivity contribution in [3.8, 4) is 12.1 Å². The zero-order valence-corrected chi connectivity index (χ0v) is 14.5.